The van der Waals surface area contributed by atoms with Crippen LogP contribution in [0, 0.1) is 12.0 Å². The van der Waals surface area contributed by atoms with E-state index < -0.39 is 0 Å². The maximum atomic E-state index is 2.72. The summed E-state index contributed by atoms with van der Waals surface area (Å²) >= 11 is 0. The van der Waals surface area contributed by atoms with Gasteiger partial charge in [0.25, 0.3) is 0 Å². The van der Waals surface area contributed by atoms with Gasteiger partial charge in [0, 0.05) is 62.3 Å². The lowest BCUT2D eigenvalue weighted by atomic mass is 9.81. The molecule has 7 heteroatoms. The van der Waals surface area contributed by atoms with Crippen molar-refractivity contribution in [1.82, 2.24) is 24.5 Å². The second-order valence-electron chi connectivity index (χ2n) is 16.2. The summed E-state index contributed by atoms with van der Waals surface area (Å²) in [4.78, 5) is 18.0. The van der Waals surface area contributed by atoms with Crippen LogP contribution in [0.25, 0.3) is 17.1 Å². The Bertz CT molecular complexity index is 2490. The summed E-state index contributed by atoms with van der Waals surface area (Å²) in [5, 5.41) is 0. The lowest BCUT2D eigenvalue weighted by Crippen LogP contribution is -2.55. The van der Waals surface area contributed by atoms with Gasteiger partial charge in [-0.3, -0.25) is 5.57 Å². The van der Waals surface area contributed by atoms with Crippen LogP contribution in [-0.2, 0) is 0 Å². The summed E-state index contributed by atoms with van der Waals surface area (Å²) < 4.78 is 0. The molecule has 0 N–H and O–H groups in total. The Labute approximate surface area is 354 Å². The Balaban J connectivity index is 0.949. The number of nitrogens with zero attached hydrogens (tertiary/aromatic N) is 7. The van der Waals surface area contributed by atoms with E-state index in [9.17, 15) is 0 Å². The summed E-state index contributed by atoms with van der Waals surface area (Å²) in [5.41, 5.74) is 12.6. The molecule has 5 aliphatic heterocycles. The van der Waals surface area contributed by atoms with Crippen molar-refractivity contribution >= 4 is 28.5 Å². The zero-order valence-corrected chi connectivity index (χ0v) is 33.8. The van der Waals surface area contributed by atoms with Gasteiger partial charge in [-0.05, 0) is 47.5 Å². The van der Waals surface area contributed by atoms with Crippen LogP contribution in [0.2, 0.25) is 0 Å². The van der Waals surface area contributed by atoms with Gasteiger partial charge in [0.05, 0.1) is 30.4 Å². The van der Waals surface area contributed by atoms with E-state index in [1.54, 1.807) is 0 Å². The second-order valence-corrected chi connectivity index (χ2v) is 16.2. The highest BCUT2D eigenvalue weighted by atomic mass is 15.5. The van der Waals surface area contributed by atoms with Crippen molar-refractivity contribution < 1.29 is 0 Å². The van der Waals surface area contributed by atoms with Crippen molar-refractivity contribution in [2.75, 3.05) is 55.9 Å². The molecular weight excluding hydrogens is 735 g/mol. The molecule has 5 heterocycles. The van der Waals surface area contributed by atoms with Gasteiger partial charge < -0.3 is 34.3 Å². The summed E-state index contributed by atoms with van der Waals surface area (Å²) in [6.45, 7) is 6.38. The number of rotatable bonds is 9. The first-order valence-corrected chi connectivity index (χ1v) is 21.3. The van der Waals surface area contributed by atoms with Crippen molar-refractivity contribution in [2.24, 2.45) is 0 Å². The first kappa shape index (κ1) is 36.1. The molecule has 60 heavy (non-hydrogen) atoms. The molecule has 1 atom stereocenters. The van der Waals surface area contributed by atoms with Crippen LogP contribution in [0.15, 0.2) is 206 Å². The molecule has 0 aromatic heterocycles. The third kappa shape index (κ3) is 6.61. The fraction of sp³-hybridized carbons (Fsp3) is 0.170. The van der Waals surface area contributed by atoms with Crippen molar-refractivity contribution in [3.05, 3.63) is 234 Å². The smallest absolute Gasteiger partial charge is 0.0947 e. The largest absolute Gasteiger partial charge is 0.396 e. The third-order valence-electron chi connectivity index (χ3n) is 12.7. The van der Waals surface area contributed by atoms with Gasteiger partial charge in [0.1, 0.15) is 0 Å². The van der Waals surface area contributed by atoms with Crippen LogP contribution in [-0.4, -0.2) is 76.7 Å². The third-order valence-corrected chi connectivity index (χ3v) is 12.7. The predicted molar refractivity (Wildman–Crippen MR) is 245 cm³/mol. The Morgan fingerprint density at radius 1 is 0.517 bits per heavy atom. The van der Waals surface area contributed by atoms with Gasteiger partial charge >= 0.3 is 0 Å². The maximum absolute atomic E-state index is 2.72. The average molecular weight is 784 g/mol. The van der Waals surface area contributed by atoms with Crippen molar-refractivity contribution in [1.29, 1.82) is 0 Å². The van der Waals surface area contributed by atoms with Crippen molar-refractivity contribution in [3.8, 4) is 0 Å². The predicted octanol–water partition coefficient (Wildman–Crippen LogP) is 9.69. The molecule has 5 aromatic rings. The molecule has 7 nitrogen and oxygen atoms in total. The molecule has 1 saturated heterocycles. The number of para-hydroxylation sites is 2. The van der Waals surface area contributed by atoms with Gasteiger partial charge in [-0.2, -0.15) is 17.7 Å². The highest BCUT2D eigenvalue weighted by Crippen LogP contribution is 2.52. The zero-order chi connectivity index (χ0) is 39.8. The monoisotopic (exact) mass is 783 g/mol. The van der Waals surface area contributed by atoms with Gasteiger partial charge in [0.15, 0.2) is 0 Å². The molecule has 5 aromatic carbocycles. The van der Waals surface area contributed by atoms with E-state index in [4.69, 9.17) is 0 Å². The van der Waals surface area contributed by atoms with Gasteiger partial charge in [-0.25, -0.2) is 6.08 Å². The average Bonchev–Trinajstić information content (AvgIpc) is 4.06. The fourth-order valence-corrected chi connectivity index (χ4v) is 9.75. The number of allylic oxidation sites excluding steroid dienone is 2. The number of benzene rings is 5. The lowest BCUT2D eigenvalue weighted by Gasteiger charge is -2.63. The molecule has 0 bridgehead atoms. The van der Waals surface area contributed by atoms with Crippen LogP contribution < -0.4 is 9.80 Å². The lowest BCUT2D eigenvalue weighted by molar-refractivity contribution is 0.123. The molecule has 0 radical (unpaired) electrons. The van der Waals surface area contributed by atoms with E-state index in [2.05, 4.69) is 229 Å². The standard InChI is InChI=1S/C53H49N7/c1-6-18-41(19-7-1)49-36-56(44-24-12-4-13-25-44)39-55(49)34-32-54-31-30-47-52(60-40-57(45-26-14-5-15-27-45)37-50(60)42-20-8-2-9-21-42)46-28-16-17-29-48(46)59-38-51(43-22-10-3-11-23-43)58(35-33-54)53(47)59/h1-29,36-38,53H,30-35,39-40H2/q-2. The van der Waals surface area contributed by atoms with Gasteiger partial charge in [-0.15, -0.1) is 18.2 Å². The minimum Gasteiger partial charge on any atom is -0.396 e. The molecule has 1 fully saturated rings. The number of hydrogen-bond acceptors (Lipinski definition) is 7. The first-order valence-electron chi connectivity index (χ1n) is 21.3. The summed E-state index contributed by atoms with van der Waals surface area (Å²) in [6.07, 6.45) is 17.3. The SMILES string of the molecule is C1=CC2=C(N3CN(c4ccccc4)C=C3c3ccccc3)[C-]3CCN(CCN4CN(c5ccccc5)C=C4c4ccccc4)CCN4C(c5ccccc5)=CN([C-]2C=C1)C34. The normalized spacial score (nSPS) is 20.0. The molecule has 6 aliphatic rings. The molecule has 11 rings (SSSR count). The van der Waals surface area contributed by atoms with Crippen LogP contribution >= 0.6 is 0 Å². The highest BCUT2D eigenvalue weighted by molar-refractivity contribution is 5.77. The van der Waals surface area contributed by atoms with E-state index in [0.29, 0.717) is 0 Å². The zero-order valence-electron chi connectivity index (χ0n) is 33.8. The first-order chi connectivity index (χ1) is 29.8. The fourth-order valence-electron chi connectivity index (χ4n) is 9.75. The van der Waals surface area contributed by atoms with E-state index in [0.717, 1.165) is 52.5 Å². The molecule has 0 saturated carbocycles. The molecule has 0 spiro atoms. The van der Waals surface area contributed by atoms with Crippen LogP contribution in [0.4, 0.5) is 11.4 Å². The van der Waals surface area contributed by atoms with Gasteiger partial charge in [0.2, 0.25) is 0 Å². The second kappa shape index (κ2) is 15.7. The maximum Gasteiger partial charge on any atom is 0.0947 e. The summed E-state index contributed by atoms with van der Waals surface area (Å²) in [7, 11) is 0. The van der Waals surface area contributed by atoms with Gasteiger partial charge in [-0.1, -0.05) is 134 Å². The quantitative estimate of drug-likeness (QED) is 0.137. The Kier molecular flexibility index (Phi) is 9.43. The molecular formula is C53H49N7-2. The number of hydrogen-bond donors (Lipinski definition) is 0. The van der Waals surface area contributed by atoms with Crippen molar-refractivity contribution in [3.63, 3.8) is 0 Å². The highest BCUT2D eigenvalue weighted by Gasteiger charge is 2.41. The van der Waals surface area contributed by atoms with Crippen molar-refractivity contribution in [2.45, 2.75) is 12.6 Å². The minimum absolute atomic E-state index is 0.0840. The Morgan fingerprint density at radius 2 is 1.08 bits per heavy atom. The van der Waals surface area contributed by atoms with Crippen LogP contribution in [0.5, 0.6) is 0 Å². The van der Waals surface area contributed by atoms with Crippen LogP contribution in [0.1, 0.15) is 23.1 Å². The minimum atomic E-state index is 0.0840. The number of anilines is 2. The van der Waals surface area contributed by atoms with Crippen LogP contribution in [0.3, 0.4) is 0 Å². The van der Waals surface area contributed by atoms with E-state index in [1.165, 1.54) is 68.4 Å². The van der Waals surface area contributed by atoms with E-state index >= 15 is 0 Å². The summed E-state index contributed by atoms with van der Waals surface area (Å²) in [5.74, 6) is 1.47. The molecule has 1 unspecified atom stereocenters. The Hall–Kier alpha value is -6.96. The van der Waals surface area contributed by atoms with E-state index in [1.807, 2.05) is 0 Å². The molecule has 298 valence electrons. The molecule has 0 amide bonds. The number of fused-ring (bicyclic) bond motifs is 2. The van der Waals surface area contributed by atoms with E-state index in [-0.39, 0.29) is 6.17 Å². The molecule has 1 aliphatic carbocycles. The summed E-state index contributed by atoms with van der Waals surface area (Å²) in [6, 6.07) is 55.7. The Morgan fingerprint density at radius 3 is 1.73 bits per heavy atom. The topological polar surface area (TPSA) is 22.7 Å².